The van der Waals surface area contributed by atoms with Crippen molar-refractivity contribution in [3.63, 3.8) is 0 Å². The molecule has 9 heteroatoms. The van der Waals surface area contributed by atoms with E-state index in [9.17, 15) is 19.1 Å². The van der Waals surface area contributed by atoms with Gasteiger partial charge >= 0.3 is 6.09 Å². The molecule has 1 saturated heterocycles. The van der Waals surface area contributed by atoms with Crippen molar-refractivity contribution < 1.29 is 23.8 Å². The maximum Gasteiger partial charge on any atom is 0.410 e. The molecule has 3 rings (SSSR count). The molecule has 0 bridgehead atoms. The van der Waals surface area contributed by atoms with Gasteiger partial charge in [-0.15, -0.1) is 0 Å². The Bertz CT molecular complexity index is 897. The average Bonchev–Trinajstić information content (AvgIpc) is 2.91. The Balaban J connectivity index is 1.63. The standard InChI is InChI=1S/C18H15BrClFN2O4/c19-12-3-1-2-11(8-12)10-22-17(25)27-18(26)6-7-23(16(18)24)13-4-5-15(21)14(20)9-13/h1-5,8-9,26H,6-7,10H2,(H,22,25)/t18-/m0/s1. The fourth-order valence-corrected chi connectivity index (χ4v) is 3.31. The van der Waals surface area contributed by atoms with Gasteiger partial charge in [-0.25, -0.2) is 9.18 Å². The quantitative estimate of drug-likeness (QED) is 0.688. The molecule has 0 spiro atoms. The van der Waals surface area contributed by atoms with Gasteiger partial charge in [0.05, 0.1) is 5.02 Å². The summed E-state index contributed by atoms with van der Waals surface area (Å²) in [6, 6.07) is 11.0. The van der Waals surface area contributed by atoms with Crippen LogP contribution in [0.2, 0.25) is 5.02 Å². The van der Waals surface area contributed by atoms with E-state index in [1.807, 2.05) is 18.2 Å². The van der Waals surface area contributed by atoms with E-state index in [1.165, 1.54) is 17.0 Å². The van der Waals surface area contributed by atoms with Gasteiger partial charge < -0.3 is 20.1 Å². The molecule has 1 atom stereocenters. The van der Waals surface area contributed by atoms with Gasteiger partial charge in [0.15, 0.2) is 0 Å². The number of nitrogens with one attached hydrogen (secondary N) is 1. The predicted molar refractivity (Wildman–Crippen MR) is 101 cm³/mol. The Morgan fingerprint density at radius 1 is 1.37 bits per heavy atom. The molecule has 1 aliphatic heterocycles. The number of halogens is 3. The van der Waals surface area contributed by atoms with Crippen molar-refractivity contribution in [3.8, 4) is 0 Å². The lowest BCUT2D eigenvalue weighted by Gasteiger charge is -2.22. The molecule has 27 heavy (non-hydrogen) atoms. The van der Waals surface area contributed by atoms with E-state index in [0.717, 1.165) is 16.1 Å². The van der Waals surface area contributed by atoms with Gasteiger partial charge in [-0.1, -0.05) is 39.7 Å². The normalized spacial score (nSPS) is 19.3. The minimum Gasteiger partial charge on any atom is -0.407 e. The summed E-state index contributed by atoms with van der Waals surface area (Å²) in [5.74, 6) is -3.73. The van der Waals surface area contributed by atoms with Crippen LogP contribution in [0.1, 0.15) is 12.0 Å². The summed E-state index contributed by atoms with van der Waals surface area (Å²) in [5, 5.41) is 12.8. The number of carbonyl (C=O) groups excluding carboxylic acids is 2. The van der Waals surface area contributed by atoms with Crippen molar-refractivity contribution in [2.45, 2.75) is 18.8 Å². The van der Waals surface area contributed by atoms with Crippen LogP contribution in [0, 0.1) is 5.82 Å². The third-order valence-electron chi connectivity index (χ3n) is 4.06. The zero-order chi connectivity index (χ0) is 19.6. The highest BCUT2D eigenvalue weighted by Gasteiger charge is 2.49. The number of hydrogen-bond donors (Lipinski definition) is 2. The highest BCUT2D eigenvalue weighted by Crippen LogP contribution is 2.31. The fourth-order valence-electron chi connectivity index (χ4n) is 2.69. The van der Waals surface area contributed by atoms with Crippen molar-refractivity contribution >= 4 is 45.2 Å². The molecule has 1 fully saturated rings. The van der Waals surface area contributed by atoms with Crippen LogP contribution in [0.25, 0.3) is 0 Å². The van der Waals surface area contributed by atoms with Gasteiger partial charge in [0.25, 0.3) is 11.7 Å². The van der Waals surface area contributed by atoms with Gasteiger partial charge in [0.1, 0.15) is 5.82 Å². The Kier molecular flexibility index (Phi) is 5.69. The topological polar surface area (TPSA) is 78.9 Å². The predicted octanol–water partition coefficient (Wildman–Crippen LogP) is 3.59. The van der Waals surface area contributed by atoms with E-state index in [1.54, 1.807) is 6.07 Å². The Hall–Kier alpha value is -2.16. The van der Waals surface area contributed by atoms with Crippen LogP contribution in [0.4, 0.5) is 14.9 Å². The van der Waals surface area contributed by atoms with Crippen molar-refractivity contribution in [2.75, 3.05) is 11.4 Å². The van der Waals surface area contributed by atoms with Crippen molar-refractivity contribution in [3.05, 3.63) is 63.3 Å². The summed E-state index contributed by atoms with van der Waals surface area (Å²) < 4.78 is 19.1. The molecule has 0 saturated carbocycles. The molecule has 1 heterocycles. The second kappa shape index (κ2) is 7.84. The van der Waals surface area contributed by atoms with Crippen LogP contribution in [0.15, 0.2) is 46.9 Å². The molecule has 2 N–H and O–H groups in total. The molecule has 6 nitrogen and oxygen atoms in total. The summed E-state index contributed by atoms with van der Waals surface area (Å²) in [6.45, 7) is 0.260. The van der Waals surface area contributed by atoms with E-state index in [0.29, 0.717) is 5.69 Å². The maximum atomic E-state index is 13.3. The zero-order valence-corrected chi connectivity index (χ0v) is 16.3. The fraction of sp³-hybridized carbons (Fsp3) is 0.222. The largest absolute Gasteiger partial charge is 0.410 e. The van der Waals surface area contributed by atoms with E-state index < -0.39 is 23.6 Å². The van der Waals surface area contributed by atoms with E-state index >= 15 is 0 Å². The number of ether oxygens (including phenoxy) is 1. The molecule has 2 aromatic rings. The number of amides is 2. The number of benzene rings is 2. The maximum absolute atomic E-state index is 13.3. The zero-order valence-electron chi connectivity index (χ0n) is 13.9. The minimum atomic E-state index is -2.29. The minimum absolute atomic E-state index is 0.0935. The average molecular weight is 458 g/mol. The summed E-state index contributed by atoms with van der Waals surface area (Å²) in [4.78, 5) is 25.7. The van der Waals surface area contributed by atoms with Crippen LogP contribution in [-0.4, -0.2) is 29.4 Å². The summed E-state index contributed by atoms with van der Waals surface area (Å²) in [5.41, 5.74) is 1.12. The molecule has 142 valence electrons. The van der Waals surface area contributed by atoms with Crippen LogP contribution in [-0.2, 0) is 16.1 Å². The molecule has 0 radical (unpaired) electrons. The van der Waals surface area contributed by atoms with E-state index in [-0.39, 0.29) is 24.5 Å². The van der Waals surface area contributed by atoms with Crippen LogP contribution in [0.3, 0.4) is 0 Å². The van der Waals surface area contributed by atoms with E-state index in [2.05, 4.69) is 21.2 Å². The molecule has 0 aromatic heterocycles. The van der Waals surface area contributed by atoms with Gasteiger partial charge in [0.2, 0.25) is 0 Å². The molecule has 0 aliphatic carbocycles. The molecular weight excluding hydrogens is 443 g/mol. The Morgan fingerprint density at radius 2 is 2.15 bits per heavy atom. The molecule has 1 aliphatic rings. The Labute approximate surface area is 168 Å². The number of aliphatic hydroxyl groups is 1. The number of anilines is 1. The lowest BCUT2D eigenvalue weighted by atomic mass is 10.2. The second-order valence-corrected chi connectivity index (χ2v) is 7.29. The molecular formula is C18H15BrClFN2O4. The van der Waals surface area contributed by atoms with E-state index in [4.69, 9.17) is 16.3 Å². The highest BCUT2D eigenvalue weighted by atomic mass is 79.9. The van der Waals surface area contributed by atoms with Crippen molar-refractivity contribution in [1.29, 1.82) is 0 Å². The monoisotopic (exact) mass is 456 g/mol. The van der Waals surface area contributed by atoms with Crippen LogP contribution in [0.5, 0.6) is 0 Å². The smallest absolute Gasteiger partial charge is 0.407 e. The first-order valence-electron chi connectivity index (χ1n) is 7.99. The van der Waals surface area contributed by atoms with Gasteiger partial charge in [-0.2, -0.15) is 0 Å². The molecule has 2 amide bonds. The molecule has 2 aromatic carbocycles. The summed E-state index contributed by atoms with van der Waals surface area (Å²) in [6.07, 6.45) is -1.05. The lowest BCUT2D eigenvalue weighted by Crippen LogP contribution is -2.46. The number of hydrogen-bond acceptors (Lipinski definition) is 4. The summed E-state index contributed by atoms with van der Waals surface area (Å²) >= 11 is 9.06. The Morgan fingerprint density at radius 3 is 2.85 bits per heavy atom. The van der Waals surface area contributed by atoms with Crippen LogP contribution >= 0.6 is 27.5 Å². The van der Waals surface area contributed by atoms with Gasteiger partial charge in [0, 0.05) is 29.7 Å². The third kappa shape index (κ3) is 4.40. The summed E-state index contributed by atoms with van der Waals surface area (Å²) in [7, 11) is 0. The van der Waals surface area contributed by atoms with Crippen LogP contribution < -0.4 is 10.2 Å². The van der Waals surface area contributed by atoms with Crippen molar-refractivity contribution in [2.24, 2.45) is 0 Å². The third-order valence-corrected chi connectivity index (χ3v) is 4.84. The first kappa shape index (κ1) is 19.6. The number of nitrogens with zero attached hydrogens (tertiary/aromatic N) is 1. The van der Waals surface area contributed by atoms with Gasteiger partial charge in [-0.3, -0.25) is 4.79 Å². The number of rotatable bonds is 4. The van der Waals surface area contributed by atoms with Crippen molar-refractivity contribution in [1.82, 2.24) is 5.32 Å². The highest BCUT2D eigenvalue weighted by molar-refractivity contribution is 9.10. The number of carbonyl (C=O) groups is 2. The first-order valence-corrected chi connectivity index (χ1v) is 9.16. The first-order chi connectivity index (χ1) is 12.8. The van der Waals surface area contributed by atoms with Gasteiger partial charge in [-0.05, 0) is 35.9 Å². The number of alkyl carbamates (subject to hydrolysis) is 1. The molecule has 0 unspecified atom stereocenters. The SMILES string of the molecule is O=C(NCc1cccc(Br)c1)O[C@@]1(O)CCN(c2ccc(F)c(Cl)c2)C1=O. The second-order valence-electron chi connectivity index (χ2n) is 5.96. The lowest BCUT2D eigenvalue weighted by molar-refractivity contribution is -0.175.